The Morgan fingerprint density at radius 3 is 2.62 bits per heavy atom. The van der Waals surface area contributed by atoms with Crippen LogP contribution < -0.4 is 10.1 Å². The van der Waals surface area contributed by atoms with Crippen molar-refractivity contribution in [2.75, 3.05) is 19.6 Å². The van der Waals surface area contributed by atoms with Crippen LogP contribution in [0.3, 0.4) is 0 Å². The van der Waals surface area contributed by atoms with Crippen molar-refractivity contribution in [2.24, 2.45) is 5.41 Å². The van der Waals surface area contributed by atoms with E-state index in [1.54, 1.807) is 0 Å². The molecule has 0 aliphatic carbocycles. The minimum atomic E-state index is -5.03. The van der Waals surface area contributed by atoms with Gasteiger partial charge in [-0.15, -0.1) is 13.2 Å². The summed E-state index contributed by atoms with van der Waals surface area (Å²) in [6.07, 6.45) is -3.51. The van der Waals surface area contributed by atoms with E-state index in [1.165, 1.54) is 6.07 Å². The van der Waals surface area contributed by atoms with Crippen molar-refractivity contribution in [1.29, 1.82) is 0 Å². The molecule has 6 nitrogen and oxygen atoms in total. The summed E-state index contributed by atoms with van der Waals surface area (Å²) >= 11 is 3.01. The minimum absolute atomic E-state index is 0.0529. The Labute approximate surface area is 156 Å². The van der Waals surface area contributed by atoms with Gasteiger partial charge in [-0.1, -0.05) is 15.9 Å². The molecule has 11 heteroatoms. The topological polar surface area (TPSA) is 75.7 Å². The van der Waals surface area contributed by atoms with Gasteiger partial charge in [0.05, 0.1) is 5.41 Å². The molecule has 3 rings (SSSR count). The summed E-state index contributed by atoms with van der Waals surface area (Å²) in [6.45, 7) is 0.551. The number of rotatable bonds is 3. The molecule has 0 aromatic heterocycles. The van der Waals surface area contributed by atoms with Gasteiger partial charge in [-0.25, -0.2) is 8.42 Å². The Balaban J connectivity index is 1.96. The third-order valence-electron chi connectivity index (χ3n) is 4.66. The lowest BCUT2D eigenvalue weighted by Gasteiger charge is -2.37. The van der Waals surface area contributed by atoms with E-state index >= 15 is 0 Å². The molecule has 0 radical (unpaired) electrons. The predicted molar refractivity (Wildman–Crippen MR) is 88.9 cm³/mol. The van der Waals surface area contributed by atoms with Gasteiger partial charge in [0.1, 0.15) is 4.90 Å². The molecule has 1 N–H and O–H groups in total. The largest absolute Gasteiger partial charge is 0.573 e. The number of amides is 1. The van der Waals surface area contributed by atoms with Gasteiger partial charge in [0, 0.05) is 24.1 Å². The zero-order chi connectivity index (χ0) is 19.2. The normalized spacial score (nSPS) is 24.7. The van der Waals surface area contributed by atoms with Crippen molar-refractivity contribution >= 4 is 31.9 Å². The van der Waals surface area contributed by atoms with Crippen LogP contribution in [-0.4, -0.2) is 44.6 Å². The molecule has 1 aromatic rings. The fraction of sp³-hybridized carbons (Fsp3) is 0.533. The molecule has 0 bridgehead atoms. The summed E-state index contributed by atoms with van der Waals surface area (Å²) in [5.41, 5.74) is -0.814. The highest BCUT2D eigenvalue weighted by Crippen LogP contribution is 2.40. The second-order valence-corrected chi connectivity index (χ2v) is 9.19. The fourth-order valence-electron chi connectivity index (χ4n) is 3.44. The Hall–Kier alpha value is -1.33. The van der Waals surface area contributed by atoms with Crippen LogP contribution in [0, 0.1) is 5.41 Å². The number of hydrogen-bond donors (Lipinski definition) is 1. The molecule has 1 atom stereocenters. The van der Waals surface area contributed by atoms with Crippen molar-refractivity contribution in [2.45, 2.75) is 30.5 Å². The third-order valence-corrected chi connectivity index (χ3v) is 7.04. The maximum absolute atomic E-state index is 13.0. The molecule has 1 unspecified atom stereocenters. The van der Waals surface area contributed by atoms with E-state index in [1.807, 2.05) is 0 Å². The molecule has 26 heavy (non-hydrogen) atoms. The molecule has 2 fully saturated rings. The molecule has 2 aliphatic rings. The predicted octanol–water partition coefficient (Wildman–Crippen LogP) is 2.64. The van der Waals surface area contributed by atoms with Crippen LogP contribution >= 0.6 is 15.9 Å². The Kier molecular flexibility index (Phi) is 4.99. The van der Waals surface area contributed by atoms with E-state index < -0.39 is 32.4 Å². The molecule has 2 heterocycles. The zero-order valence-corrected chi connectivity index (χ0v) is 15.9. The van der Waals surface area contributed by atoms with Crippen molar-refractivity contribution in [3.05, 3.63) is 22.7 Å². The number of piperidine rings is 1. The number of carbonyl (C=O) groups excluding carboxylic acids is 1. The molecule has 1 aromatic carbocycles. The second kappa shape index (κ2) is 6.68. The lowest BCUT2D eigenvalue weighted by atomic mass is 9.79. The summed E-state index contributed by atoms with van der Waals surface area (Å²) < 4.78 is 69.2. The monoisotopic (exact) mass is 456 g/mol. The zero-order valence-electron chi connectivity index (χ0n) is 13.5. The molecule has 0 saturated carbocycles. The smallest absolute Gasteiger partial charge is 0.404 e. The summed E-state index contributed by atoms with van der Waals surface area (Å²) in [6, 6.07) is 3.36. The SMILES string of the molecule is O=C1NCCC12CCCN(S(=O)(=O)c1ccc(Br)cc1OC(F)(F)F)C2. The van der Waals surface area contributed by atoms with Gasteiger partial charge in [0.25, 0.3) is 0 Å². The fourth-order valence-corrected chi connectivity index (χ4v) is 5.44. The van der Waals surface area contributed by atoms with E-state index in [0.717, 1.165) is 16.4 Å². The molecule has 1 spiro atoms. The summed E-state index contributed by atoms with van der Waals surface area (Å²) in [4.78, 5) is 11.6. The summed E-state index contributed by atoms with van der Waals surface area (Å²) in [7, 11) is -4.26. The van der Waals surface area contributed by atoms with Crippen LogP contribution in [0.4, 0.5) is 13.2 Å². The third kappa shape index (κ3) is 3.70. The van der Waals surface area contributed by atoms with Crippen LogP contribution in [-0.2, 0) is 14.8 Å². The van der Waals surface area contributed by atoms with E-state index in [4.69, 9.17) is 0 Å². The number of halogens is 4. The highest BCUT2D eigenvalue weighted by Gasteiger charge is 2.48. The quantitative estimate of drug-likeness (QED) is 0.758. The number of carbonyl (C=O) groups is 1. The highest BCUT2D eigenvalue weighted by molar-refractivity contribution is 9.10. The second-order valence-electron chi connectivity index (χ2n) is 6.37. The van der Waals surface area contributed by atoms with Crippen LogP contribution in [0.25, 0.3) is 0 Å². The van der Waals surface area contributed by atoms with Crippen molar-refractivity contribution in [3.8, 4) is 5.75 Å². The molecule has 1 amide bonds. The average molecular weight is 457 g/mol. The van der Waals surface area contributed by atoms with E-state index in [2.05, 4.69) is 26.0 Å². The average Bonchev–Trinajstić information content (AvgIpc) is 2.86. The minimum Gasteiger partial charge on any atom is -0.404 e. The van der Waals surface area contributed by atoms with Crippen LogP contribution in [0.2, 0.25) is 0 Å². The van der Waals surface area contributed by atoms with Gasteiger partial charge in [-0.2, -0.15) is 4.31 Å². The Bertz CT molecular complexity index is 831. The van der Waals surface area contributed by atoms with E-state index in [0.29, 0.717) is 25.8 Å². The van der Waals surface area contributed by atoms with E-state index in [-0.39, 0.29) is 23.5 Å². The number of nitrogens with zero attached hydrogens (tertiary/aromatic N) is 1. The molecular weight excluding hydrogens is 441 g/mol. The maximum atomic E-state index is 13.0. The lowest BCUT2D eigenvalue weighted by Crippen LogP contribution is -2.49. The highest BCUT2D eigenvalue weighted by atomic mass is 79.9. The number of sulfonamides is 1. The number of benzene rings is 1. The van der Waals surface area contributed by atoms with Crippen LogP contribution in [0.15, 0.2) is 27.6 Å². The van der Waals surface area contributed by atoms with Gasteiger partial charge >= 0.3 is 6.36 Å². The van der Waals surface area contributed by atoms with Gasteiger partial charge in [-0.3, -0.25) is 4.79 Å². The first-order valence-electron chi connectivity index (χ1n) is 7.87. The Morgan fingerprint density at radius 2 is 2.00 bits per heavy atom. The maximum Gasteiger partial charge on any atom is 0.573 e. The lowest BCUT2D eigenvalue weighted by molar-refractivity contribution is -0.275. The standard InChI is InChI=1S/C15H16BrF3N2O4S/c16-10-2-3-12(11(8-10)25-15(17,18)19)26(23,24)21-7-1-4-14(9-21)5-6-20-13(14)22/h2-3,8H,1,4-7,9H2,(H,20,22). The molecule has 144 valence electrons. The first-order valence-corrected chi connectivity index (χ1v) is 10.1. The molecule has 2 aliphatic heterocycles. The molecule has 2 saturated heterocycles. The molecular formula is C15H16BrF3N2O4S. The number of hydrogen-bond acceptors (Lipinski definition) is 4. The van der Waals surface area contributed by atoms with Gasteiger partial charge in [0.15, 0.2) is 5.75 Å². The summed E-state index contributed by atoms with van der Waals surface area (Å²) in [5, 5.41) is 2.70. The van der Waals surface area contributed by atoms with Crippen LogP contribution in [0.1, 0.15) is 19.3 Å². The number of ether oxygens (including phenoxy) is 1. The first kappa shape index (κ1) is 19.4. The summed E-state index contributed by atoms with van der Waals surface area (Å²) in [5.74, 6) is -1.01. The van der Waals surface area contributed by atoms with Gasteiger partial charge in [-0.05, 0) is 37.5 Å². The van der Waals surface area contributed by atoms with Crippen molar-refractivity contribution < 1.29 is 31.1 Å². The number of alkyl halides is 3. The Morgan fingerprint density at radius 1 is 1.27 bits per heavy atom. The van der Waals surface area contributed by atoms with Gasteiger partial charge in [0.2, 0.25) is 15.9 Å². The van der Waals surface area contributed by atoms with Crippen molar-refractivity contribution in [3.63, 3.8) is 0 Å². The number of nitrogens with one attached hydrogen (secondary N) is 1. The van der Waals surface area contributed by atoms with Gasteiger partial charge < -0.3 is 10.1 Å². The van der Waals surface area contributed by atoms with Crippen LogP contribution in [0.5, 0.6) is 5.75 Å². The van der Waals surface area contributed by atoms with Crippen molar-refractivity contribution in [1.82, 2.24) is 9.62 Å². The first-order chi connectivity index (χ1) is 12.0. The van der Waals surface area contributed by atoms with E-state index in [9.17, 15) is 26.4 Å².